The summed E-state index contributed by atoms with van der Waals surface area (Å²) in [5.74, 6) is -0.0589. The molecule has 0 bridgehead atoms. The average molecular weight is 565 g/mol. The molecule has 42 heavy (non-hydrogen) atoms. The van der Waals surface area contributed by atoms with Gasteiger partial charge in [-0.3, -0.25) is 9.69 Å². The first-order valence-electron chi connectivity index (χ1n) is 14.7. The van der Waals surface area contributed by atoms with Gasteiger partial charge in [0, 0.05) is 39.8 Å². The Morgan fingerprint density at radius 2 is 1.76 bits per heavy atom. The van der Waals surface area contributed by atoms with Crippen LogP contribution in [0.1, 0.15) is 63.0 Å². The minimum atomic E-state index is -0.896. The molecular weight excluding hydrogens is 524 g/mol. The molecule has 5 rings (SSSR count). The van der Waals surface area contributed by atoms with Gasteiger partial charge in [-0.25, -0.2) is 4.79 Å². The number of carbonyl (C=O) groups is 2. The Labute approximate surface area is 248 Å². The van der Waals surface area contributed by atoms with Gasteiger partial charge in [0.25, 0.3) is 0 Å². The van der Waals surface area contributed by atoms with Crippen LogP contribution in [0.25, 0.3) is 11.1 Å². The second kappa shape index (κ2) is 12.8. The Balaban J connectivity index is 1.41. The minimum Gasteiger partial charge on any atom is -0.489 e. The van der Waals surface area contributed by atoms with Crippen molar-refractivity contribution in [2.24, 2.45) is 0 Å². The summed E-state index contributed by atoms with van der Waals surface area (Å²) in [6.07, 6.45) is 7.31. The zero-order chi connectivity index (χ0) is 29.8. The number of rotatable bonds is 8. The van der Waals surface area contributed by atoms with Crippen molar-refractivity contribution in [2.45, 2.75) is 45.6 Å². The molecule has 6 nitrogen and oxygen atoms in total. The standard InChI is InChI=1S/C36H40N2O4/c1-24-10-16-31(25(2)21-24)33-8-5-7-27-22-28(36(40)41)13-17-32(27)35(33)26-11-14-29(15-12-26)42-30-18-20-38(23-30)19-6-9-34(39)37(3)4/h6,9-17,21-22,30H,5,7-8,18-20,23H2,1-4H3,(H,40,41)/b9-6+/t30-/m0/s1. The molecule has 3 aromatic carbocycles. The van der Waals surface area contributed by atoms with Crippen LogP contribution in [0.2, 0.25) is 0 Å². The number of likely N-dealkylation sites (N-methyl/N-ethyl adjacent to an activating group) is 1. The molecule has 1 N–H and O–H groups in total. The number of carbonyl (C=O) groups excluding carboxylic acids is 1. The quantitative estimate of drug-likeness (QED) is 0.321. The molecule has 3 aromatic rings. The summed E-state index contributed by atoms with van der Waals surface area (Å²) in [5.41, 5.74) is 9.83. The van der Waals surface area contributed by atoms with E-state index in [1.165, 1.54) is 27.8 Å². The summed E-state index contributed by atoms with van der Waals surface area (Å²) in [5, 5.41) is 9.63. The normalized spacial score (nSPS) is 17.3. The number of allylic oxidation sites excluding steroid dienone is 1. The molecule has 0 unspecified atom stereocenters. The van der Waals surface area contributed by atoms with Crippen LogP contribution >= 0.6 is 0 Å². The van der Waals surface area contributed by atoms with Crippen LogP contribution < -0.4 is 4.74 Å². The van der Waals surface area contributed by atoms with Crippen molar-refractivity contribution in [2.75, 3.05) is 33.7 Å². The van der Waals surface area contributed by atoms with E-state index in [2.05, 4.69) is 61.2 Å². The van der Waals surface area contributed by atoms with E-state index < -0.39 is 5.97 Å². The predicted octanol–water partition coefficient (Wildman–Crippen LogP) is 6.39. The molecule has 0 aromatic heterocycles. The molecule has 1 aliphatic carbocycles. The van der Waals surface area contributed by atoms with Crippen LogP contribution in [0.3, 0.4) is 0 Å². The number of aryl methyl sites for hydroxylation is 3. The highest BCUT2D eigenvalue weighted by molar-refractivity contribution is 6.01. The molecule has 1 aliphatic heterocycles. The molecule has 1 saturated heterocycles. The van der Waals surface area contributed by atoms with Gasteiger partial charge in [0.15, 0.2) is 0 Å². The number of carboxylic acid groups (broad SMARTS) is 1. The number of nitrogens with zero attached hydrogens (tertiary/aromatic N) is 2. The number of hydrogen-bond acceptors (Lipinski definition) is 4. The molecule has 1 heterocycles. The average Bonchev–Trinajstić information content (AvgIpc) is 3.31. The zero-order valence-corrected chi connectivity index (χ0v) is 25.0. The smallest absolute Gasteiger partial charge is 0.335 e. The zero-order valence-electron chi connectivity index (χ0n) is 25.0. The molecular formula is C36H40N2O4. The van der Waals surface area contributed by atoms with Crippen LogP contribution in [0, 0.1) is 13.8 Å². The topological polar surface area (TPSA) is 70.1 Å². The van der Waals surface area contributed by atoms with Gasteiger partial charge in [-0.1, -0.05) is 48.0 Å². The lowest BCUT2D eigenvalue weighted by Gasteiger charge is -2.19. The van der Waals surface area contributed by atoms with Crippen molar-refractivity contribution >= 4 is 23.0 Å². The minimum absolute atomic E-state index is 0.00323. The van der Waals surface area contributed by atoms with Gasteiger partial charge in [-0.05, 0) is 103 Å². The molecule has 6 heteroatoms. The lowest BCUT2D eigenvalue weighted by atomic mass is 9.86. The van der Waals surface area contributed by atoms with E-state index in [0.29, 0.717) is 5.56 Å². The number of carboxylic acids is 1. The third-order valence-electron chi connectivity index (χ3n) is 8.24. The highest BCUT2D eigenvalue weighted by Gasteiger charge is 2.25. The SMILES string of the molecule is Cc1ccc(C2=C(c3ccc(O[C@H]4CCN(C/C=C/C(=O)N(C)C)C4)cc3)c3ccc(C(=O)O)cc3CCC2)c(C)c1. The number of benzene rings is 3. The monoisotopic (exact) mass is 564 g/mol. The Kier molecular flexibility index (Phi) is 8.93. The lowest BCUT2D eigenvalue weighted by Crippen LogP contribution is -2.25. The predicted molar refractivity (Wildman–Crippen MR) is 168 cm³/mol. The fourth-order valence-electron chi connectivity index (χ4n) is 6.08. The number of ether oxygens (including phenoxy) is 1. The Hall–Kier alpha value is -4.16. The first kappa shape index (κ1) is 29.3. The maximum Gasteiger partial charge on any atom is 0.335 e. The largest absolute Gasteiger partial charge is 0.489 e. The Morgan fingerprint density at radius 1 is 1.00 bits per heavy atom. The van der Waals surface area contributed by atoms with Crippen LogP contribution in [0.4, 0.5) is 0 Å². The molecule has 1 atom stereocenters. The van der Waals surface area contributed by atoms with Crippen LogP contribution in [-0.2, 0) is 11.2 Å². The van der Waals surface area contributed by atoms with Crippen molar-refractivity contribution in [3.05, 3.63) is 112 Å². The number of likely N-dealkylation sites (tertiary alicyclic amines) is 1. The first-order chi connectivity index (χ1) is 20.2. The van der Waals surface area contributed by atoms with Gasteiger partial charge >= 0.3 is 5.97 Å². The summed E-state index contributed by atoms with van der Waals surface area (Å²) >= 11 is 0. The third kappa shape index (κ3) is 6.66. The van der Waals surface area contributed by atoms with Gasteiger partial charge < -0.3 is 14.7 Å². The fourth-order valence-corrected chi connectivity index (χ4v) is 6.08. The molecule has 2 aliphatic rings. The van der Waals surface area contributed by atoms with Gasteiger partial charge in [0.2, 0.25) is 5.91 Å². The fraction of sp³-hybridized carbons (Fsp3) is 0.333. The van der Waals surface area contributed by atoms with E-state index in [1.54, 1.807) is 31.1 Å². The molecule has 1 amide bonds. The summed E-state index contributed by atoms with van der Waals surface area (Å²) in [7, 11) is 3.50. The third-order valence-corrected chi connectivity index (χ3v) is 8.24. The molecule has 0 spiro atoms. The molecule has 218 valence electrons. The van der Waals surface area contributed by atoms with E-state index in [9.17, 15) is 14.7 Å². The first-order valence-corrected chi connectivity index (χ1v) is 14.7. The van der Waals surface area contributed by atoms with Crippen LogP contribution in [-0.4, -0.2) is 66.6 Å². The second-order valence-electron chi connectivity index (χ2n) is 11.7. The van der Waals surface area contributed by atoms with Gasteiger partial charge in [0.1, 0.15) is 11.9 Å². The van der Waals surface area contributed by atoms with Crippen molar-refractivity contribution in [1.82, 2.24) is 9.80 Å². The molecule has 1 fully saturated rings. The van der Waals surface area contributed by atoms with E-state index >= 15 is 0 Å². The van der Waals surface area contributed by atoms with E-state index in [1.807, 2.05) is 18.2 Å². The van der Waals surface area contributed by atoms with Crippen molar-refractivity contribution in [1.29, 1.82) is 0 Å². The van der Waals surface area contributed by atoms with Crippen molar-refractivity contribution in [3.8, 4) is 5.75 Å². The second-order valence-corrected chi connectivity index (χ2v) is 11.7. The van der Waals surface area contributed by atoms with Crippen LogP contribution in [0.5, 0.6) is 5.75 Å². The summed E-state index contributed by atoms with van der Waals surface area (Å²) < 4.78 is 6.37. The number of fused-ring (bicyclic) bond motifs is 1. The Bertz CT molecular complexity index is 1530. The van der Waals surface area contributed by atoms with Gasteiger partial charge in [-0.15, -0.1) is 0 Å². The van der Waals surface area contributed by atoms with Crippen molar-refractivity contribution in [3.63, 3.8) is 0 Å². The summed E-state index contributed by atoms with van der Waals surface area (Å²) in [4.78, 5) is 27.4. The molecule has 0 saturated carbocycles. The highest BCUT2D eigenvalue weighted by atomic mass is 16.5. The van der Waals surface area contributed by atoms with E-state index in [-0.39, 0.29) is 12.0 Å². The van der Waals surface area contributed by atoms with Gasteiger partial charge in [-0.2, -0.15) is 0 Å². The number of aromatic carboxylic acids is 1. The van der Waals surface area contributed by atoms with E-state index in [4.69, 9.17) is 4.74 Å². The molecule has 0 radical (unpaired) electrons. The van der Waals surface area contributed by atoms with E-state index in [0.717, 1.165) is 67.8 Å². The highest BCUT2D eigenvalue weighted by Crippen LogP contribution is 2.41. The van der Waals surface area contributed by atoms with Gasteiger partial charge in [0.05, 0.1) is 5.56 Å². The maximum atomic E-state index is 11.8. The number of amides is 1. The number of hydrogen-bond donors (Lipinski definition) is 1. The summed E-state index contributed by atoms with van der Waals surface area (Å²) in [6, 6.07) is 20.6. The lowest BCUT2D eigenvalue weighted by molar-refractivity contribution is -0.123. The van der Waals surface area contributed by atoms with Crippen molar-refractivity contribution < 1.29 is 19.4 Å². The maximum absolute atomic E-state index is 11.8. The Morgan fingerprint density at radius 3 is 2.48 bits per heavy atom. The van der Waals surface area contributed by atoms with Crippen LogP contribution in [0.15, 0.2) is 72.8 Å². The summed E-state index contributed by atoms with van der Waals surface area (Å²) in [6.45, 7) is 6.78.